The summed E-state index contributed by atoms with van der Waals surface area (Å²) in [6.45, 7) is 6.34. The van der Waals surface area contributed by atoms with E-state index in [1.165, 1.54) is 5.56 Å². The number of hydrogen-bond acceptors (Lipinski definition) is 2. The Balaban J connectivity index is 2.20. The number of hydrogen-bond donors (Lipinski definition) is 0. The van der Waals surface area contributed by atoms with Crippen molar-refractivity contribution in [2.45, 2.75) is 20.8 Å². The number of allylic oxidation sites excluding steroid dienone is 3. The highest BCUT2D eigenvalue weighted by Gasteiger charge is 2.28. The second kappa shape index (κ2) is 3.66. The predicted octanol–water partition coefficient (Wildman–Crippen LogP) is 3.38. The van der Waals surface area contributed by atoms with E-state index in [0.29, 0.717) is 11.8 Å². The number of aromatic nitrogens is 1. The Morgan fingerprint density at radius 3 is 2.82 bits per heavy atom. The van der Waals surface area contributed by atoms with E-state index in [1.54, 1.807) is 0 Å². The Labute approximate surface area is 102 Å². The maximum absolute atomic E-state index is 4.70. The standard InChI is InChI=1S/C15H16N2/c1-9-8-11(3)17-15-13(9)7-6-12-5-4-10(2)16-14(12)15/h4-9,13H,1-3H3/t9-,13?/m1/s1. The third-order valence-corrected chi connectivity index (χ3v) is 3.47. The summed E-state index contributed by atoms with van der Waals surface area (Å²) >= 11 is 0. The number of rotatable bonds is 0. The number of fused-ring (bicyclic) bond motifs is 3. The lowest BCUT2D eigenvalue weighted by atomic mass is 9.80. The van der Waals surface area contributed by atoms with Gasteiger partial charge in [-0.05, 0) is 25.8 Å². The minimum atomic E-state index is 0.389. The first-order chi connectivity index (χ1) is 8.15. The van der Waals surface area contributed by atoms with Crippen LogP contribution in [-0.2, 0) is 0 Å². The highest BCUT2D eigenvalue weighted by atomic mass is 14.8. The van der Waals surface area contributed by atoms with E-state index >= 15 is 0 Å². The van der Waals surface area contributed by atoms with Crippen molar-refractivity contribution >= 4 is 11.8 Å². The van der Waals surface area contributed by atoms with Crippen LogP contribution in [0.3, 0.4) is 0 Å². The fourth-order valence-electron chi connectivity index (χ4n) is 2.63. The molecule has 1 aromatic rings. The van der Waals surface area contributed by atoms with Gasteiger partial charge in [0.1, 0.15) is 0 Å². The normalized spacial score (nSPS) is 25.8. The van der Waals surface area contributed by atoms with E-state index in [-0.39, 0.29) is 0 Å². The zero-order valence-electron chi connectivity index (χ0n) is 10.4. The quantitative estimate of drug-likeness (QED) is 0.663. The van der Waals surface area contributed by atoms with Gasteiger partial charge in [-0.25, -0.2) is 0 Å². The van der Waals surface area contributed by atoms with Crippen molar-refractivity contribution in [1.29, 1.82) is 0 Å². The fourth-order valence-corrected chi connectivity index (χ4v) is 2.63. The molecule has 0 spiro atoms. The van der Waals surface area contributed by atoms with Crippen LogP contribution in [0, 0.1) is 18.8 Å². The molecule has 1 unspecified atom stereocenters. The van der Waals surface area contributed by atoms with Crippen LogP contribution < -0.4 is 0 Å². The van der Waals surface area contributed by atoms with Gasteiger partial charge in [-0.3, -0.25) is 9.98 Å². The van der Waals surface area contributed by atoms with Crippen LogP contribution >= 0.6 is 0 Å². The first kappa shape index (κ1) is 10.5. The van der Waals surface area contributed by atoms with Gasteiger partial charge in [0.25, 0.3) is 0 Å². The summed E-state index contributed by atoms with van der Waals surface area (Å²) in [4.78, 5) is 9.36. The van der Waals surface area contributed by atoms with Crippen LogP contribution in [0.15, 0.2) is 35.0 Å². The van der Waals surface area contributed by atoms with Gasteiger partial charge in [0.15, 0.2) is 0 Å². The largest absolute Gasteiger partial charge is 0.256 e. The summed E-state index contributed by atoms with van der Waals surface area (Å²) in [5.74, 6) is 0.898. The molecule has 0 N–H and O–H groups in total. The van der Waals surface area contributed by atoms with Gasteiger partial charge in [0, 0.05) is 22.9 Å². The van der Waals surface area contributed by atoms with Gasteiger partial charge in [0.2, 0.25) is 0 Å². The average Bonchev–Trinajstić information content (AvgIpc) is 2.28. The van der Waals surface area contributed by atoms with E-state index in [2.05, 4.69) is 49.2 Å². The van der Waals surface area contributed by atoms with Crippen LogP contribution in [0.2, 0.25) is 0 Å². The summed E-state index contributed by atoms with van der Waals surface area (Å²) in [6, 6.07) is 4.18. The zero-order valence-corrected chi connectivity index (χ0v) is 10.4. The molecule has 0 saturated heterocycles. The second-order valence-electron chi connectivity index (χ2n) is 4.94. The SMILES string of the molecule is CC1=C[C@@H](C)C2C=Cc3ccc(C)nc3C2=N1. The van der Waals surface area contributed by atoms with Crippen molar-refractivity contribution < 1.29 is 0 Å². The smallest absolute Gasteiger partial charge is 0.0926 e. The molecule has 0 amide bonds. The van der Waals surface area contributed by atoms with Crippen molar-refractivity contribution in [3.8, 4) is 0 Å². The van der Waals surface area contributed by atoms with Gasteiger partial charge in [-0.2, -0.15) is 0 Å². The topological polar surface area (TPSA) is 25.2 Å². The molecule has 1 aliphatic carbocycles. The van der Waals surface area contributed by atoms with Crippen LogP contribution in [0.1, 0.15) is 30.8 Å². The molecule has 1 aliphatic heterocycles. The van der Waals surface area contributed by atoms with Crippen molar-refractivity contribution in [1.82, 2.24) is 4.98 Å². The fraction of sp³-hybridized carbons (Fsp3) is 0.333. The maximum Gasteiger partial charge on any atom is 0.0926 e. The minimum absolute atomic E-state index is 0.389. The second-order valence-corrected chi connectivity index (χ2v) is 4.94. The van der Waals surface area contributed by atoms with Crippen molar-refractivity contribution in [2.75, 3.05) is 0 Å². The van der Waals surface area contributed by atoms with Crippen LogP contribution in [-0.4, -0.2) is 10.7 Å². The number of aliphatic imine (C=N–C) groups is 1. The Morgan fingerprint density at radius 2 is 2.00 bits per heavy atom. The molecule has 2 aliphatic rings. The van der Waals surface area contributed by atoms with Crippen molar-refractivity contribution in [3.05, 3.63) is 46.9 Å². The molecule has 0 bridgehead atoms. The molecule has 2 heterocycles. The molecule has 1 aromatic heterocycles. The minimum Gasteiger partial charge on any atom is -0.256 e. The third-order valence-electron chi connectivity index (χ3n) is 3.47. The predicted molar refractivity (Wildman–Crippen MR) is 71.0 cm³/mol. The molecule has 2 atom stereocenters. The number of aryl methyl sites for hydroxylation is 1. The molecule has 0 saturated carbocycles. The summed E-state index contributed by atoms with van der Waals surface area (Å²) in [5.41, 5.74) is 5.55. The summed E-state index contributed by atoms with van der Waals surface area (Å²) in [5, 5.41) is 0. The van der Waals surface area contributed by atoms with Gasteiger partial charge >= 0.3 is 0 Å². The van der Waals surface area contributed by atoms with E-state index in [0.717, 1.165) is 22.8 Å². The molecule has 86 valence electrons. The Kier molecular flexibility index (Phi) is 2.25. The molecule has 0 aromatic carbocycles. The lowest BCUT2D eigenvalue weighted by molar-refractivity contribution is 0.623. The van der Waals surface area contributed by atoms with Gasteiger partial charge in [-0.15, -0.1) is 0 Å². The molecule has 3 rings (SSSR count). The zero-order chi connectivity index (χ0) is 12.0. The molecule has 2 nitrogen and oxygen atoms in total. The lowest BCUT2D eigenvalue weighted by Gasteiger charge is -2.28. The van der Waals surface area contributed by atoms with Gasteiger partial charge in [-0.1, -0.05) is 31.2 Å². The first-order valence-corrected chi connectivity index (χ1v) is 6.08. The first-order valence-electron chi connectivity index (χ1n) is 6.08. The van der Waals surface area contributed by atoms with Crippen molar-refractivity contribution in [2.24, 2.45) is 16.8 Å². The van der Waals surface area contributed by atoms with E-state index < -0.39 is 0 Å². The molecular formula is C15H16N2. The van der Waals surface area contributed by atoms with Gasteiger partial charge in [0.05, 0.1) is 11.4 Å². The molecule has 0 radical (unpaired) electrons. The molecule has 0 fully saturated rings. The Morgan fingerprint density at radius 1 is 1.18 bits per heavy atom. The lowest BCUT2D eigenvalue weighted by Crippen LogP contribution is -2.27. The number of nitrogens with zero attached hydrogens (tertiary/aromatic N) is 2. The third kappa shape index (κ3) is 1.64. The summed E-state index contributed by atoms with van der Waals surface area (Å²) in [7, 11) is 0. The monoisotopic (exact) mass is 224 g/mol. The van der Waals surface area contributed by atoms with Crippen LogP contribution in [0.5, 0.6) is 0 Å². The van der Waals surface area contributed by atoms with E-state index in [4.69, 9.17) is 4.99 Å². The molecule has 2 heteroatoms. The highest BCUT2D eigenvalue weighted by Crippen LogP contribution is 2.32. The Bertz CT molecular complexity index is 564. The maximum atomic E-state index is 4.70. The van der Waals surface area contributed by atoms with Crippen molar-refractivity contribution in [3.63, 3.8) is 0 Å². The van der Waals surface area contributed by atoms with E-state index in [9.17, 15) is 0 Å². The van der Waals surface area contributed by atoms with E-state index in [1.807, 2.05) is 6.92 Å². The van der Waals surface area contributed by atoms with Crippen LogP contribution in [0.25, 0.3) is 6.08 Å². The Hall–Kier alpha value is -1.70. The molecule has 17 heavy (non-hydrogen) atoms. The summed E-state index contributed by atoms with van der Waals surface area (Å²) < 4.78 is 0. The molecular weight excluding hydrogens is 208 g/mol. The summed E-state index contributed by atoms with van der Waals surface area (Å²) in [6.07, 6.45) is 6.67. The number of pyridine rings is 1. The highest BCUT2D eigenvalue weighted by molar-refractivity contribution is 6.07. The van der Waals surface area contributed by atoms with Gasteiger partial charge < -0.3 is 0 Å². The van der Waals surface area contributed by atoms with Crippen LogP contribution in [0.4, 0.5) is 0 Å². The average molecular weight is 224 g/mol.